The fourth-order valence-electron chi connectivity index (χ4n) is 1.72. The number of rotatable bonds is 2. The maximum atomic E-state index is 9.37. The Morgan fingerprint density at radius 2 is 2.31 bits per heavy atom. The van der Waals surface area contributed by atoms with Crippen molar-refractivity contribution in [2.24, 2.45) is 0 Å². The Bertz CT molecular complexity index is 530. The van der Waals surface area contributed by atoms with Gasteiger partial charge in [0.25, 0.3) is 0 Å². The van der Waals surface area contributed by atoms with Crippen LogP contribution in [0.3, 0.4) is 0 Å². The fraction of sp³-hybridized carbons (Fsp3) is 0.400. The van der Waals surface area contributed by atoms with Crippen molar-refractivity contribution < 1.29 is 9.84 Å². The van der Waals surface area contributed by atoms with Crippen molar-refractivity contribution in [1.29, 1.82) is 0 Å². The van der Waals surface area contributed by atoms with Crippen molar-refractivity contribution in [3.05, 3.63) is 29.2 Å². The molecule has 1 saturated heterocycles. The highest BCUT2D eigenvalue weighted by atomic mass is 35.5. The van der Waals surface area contributed by atoms with Crippen molar-refractivity contribution in [2.75, 3.05) is 19.8 Å². The summed E-state index contributed by atoms with van der Waals surface area (Å²) >= 11 is 5.86. The molecule has 16 heavy (non-hydrogen) atoms. The lowest BCUT2D eigenvalue weighted by Crippen LogP contribution is -2.50. The lowest BCUT2D eigenvalue weighted by Gasteiger charge is -2.36. The van der Waals surface area contributed by atoms with Gasteiger partial charge in [0.1, 0.15) is 5.41 Å². The second kappa shape index (κ2) is 3.41. The van der Waals surface area contributed by atoms with E-state index in [9.17, 15) is 5.11 Å². The average molecular weight is 240 g/mol. The number of aromatic nitrogens is 3. The number of aliphatic hydroxyl groups excluding tert-OH is 1. The van der Waals surface area contributed by atoms with Gasteiger partial charge >= 0.3 is 0 Å². The number of pyridine rings is 1. The molecule has 1 N–H and O–H groups in total. The van der Waals surface area contributed by atoms with E-state index in [4.69, 9.17) is 16.3 Å². The van der Waals surface area contributed by atoms with Gasteiger partial charge in [0.15, 0.2) is 11.5 Å². The summed E-state index contributed by atoms with van der Waals surface area (Å²) in [4.78, 5) is 4.37. The number of ether oxygens (including phenoxy) is 1. The molecule has 84 valence electrons. The van der Waals surface area contributed by atoms with Gasteiger partial charge in [-0.3, -0.25) is 0 Å². The lowest BCUT2D eigenvalue weighted by molar-refractivity contribution is -0.0882. The van der Waals surface area contributed by atoms with Crippen LogP contribution in [0.5, 0.6) is 0 Å². The van der Waals surface area contributed by atoms with Gasteiger partial charge in [-0.05, 0) is 12.1 Å². The van der Waals surface area contributed by atoms with Crippen LogP contribution in [0.25, 0.3) is 5.65 Å². The van der Waals surface area contributed by atoms with Crippen LogP contribution in [0.4, 0.5) is 0 Å². The third-order valence-corrected chi connectivity index (χ3v) is 3.05. The molecule has 0 aliphatic carbocycles. The second-order valence-electron chi connectivity index (χ2n) is 4.02. The molecule has 0 spiro atoms. The van der Waals surface area contributed by atoms with Gasteiger partial charge in [0.2, 0.25) is 0 Å². The van der Waals surface area contributed by atoms with Gasteiger partial charge in [-0.2, -0.15) is 5.10 Å². The maximum Gasteiger partial charge on any atom is 0.164 e. The summed E-state index contributed by atoms with van der Waals surface area (Å²) in [5.41, 5.74) is 0.289. The highest BCUT2D eigenvalue weighted by Gasteiger charge is 2.43. The molecule has 0 amide bonds. The van der Waals surface area contributed by atoms with Crippen molar-refractivity contribution in [2.45, 2.75) is 5.41 Å². The summed E-state index contributed by atoms with van der Waals surface area (Å²) < 4.78 is 6.75. The molecule has 1 aliphatic heterocycles. The maximum absolute atomic E-state index is 9.37. The molecule has 3 rings (SSSR count). The molecular weight excluding hydrogens is 230 g/mol. The SMILES string of the molecule is OCC1(c2nc3ccc(Cl)cn3n2)COC1. The number of hydrogen-bond acceptors (Lipinski definition) is 4. The van der Waals surface area contributed by atoms with Crippen molar-refractivity contribution >= 4 is 17.2 Å². The molecule has 0 aromatic carbocycles. The van der Waals surface area contributed by atoms with E-state index in [1.807, 2.05) is 0 Å². The third-order valence-electron chi connectivity index (χ3n) is 2.83. The zero-order chi connectivity index (χ0) is 11.2. The van der Waals surface area contributed by atoms with E-state index in [0.29, 0.717) is 24.1 Å². The summed E-state index contributed by atoms with van der Waals surface area (Å²) in [6.45, 7) is 0.930. The Morgan fingerprint density at radius 1 is 1.50 bits per heavy atom. The van der Waals surface area contributed by atoms with Gasteiger partial charge < -0.3 is 9.84 Å². The van der Waals surface area contributed by atoms with Crippen molar-refractivity contribution in [3.63, 3.8) is 0 Å². The quantitative estimate of drug-likeness (QED) is 0.836. The van der Waals surface area contributed by atoms with Crippen LogP contribution in [0, 0.1) is 0 Å². The number of aliphatic hydroxyl groups is 1. The number of halogens is 1. The summed E-state index contributed by atoms with van der Waals surface area (Å²) in [5, 5.41) is 14.3. The van der Waals surface area contributed by atoms with E-state index in [1.54, 1.807) is 22.8 Å². The summed E-state index contributed by atoms with van der Waals surface area (Å²) in [6.07, 6.45) is 1.69. The number of hydrogen-bond donors (Lipinski definition) is 1. The van der Waals surface area contributed by atoms with E-state index in [1.165, 1.54) is 0 Å². The van der Waals surface area contributed by atoms with Crippen LogP contribution in [0.1, 0.15) is 5.82 Å². The normalized spacial score (nSPS) is 18.6. The first-order valence-electron chi connectivity index (χ1n) is 4.95. The molecule has 1 aliphatic rings. The molecule has 1 fully saturated rings. The molecule has 6 heteroatoms. The fourth-order valence-corrected chi connectivity index (χ4v) is 1.88. The predicted octanol–water partition coefficient (Wildman–Crippen LogP) is 0.643. The number of nitrogens with zero attached hydrogens (tertiary/aromatic N) is 3. The Kier molecular flexibility index (Phi) is 2.14. The monoisotopic (exact) mass is 239 g/mol. The van der Waals surface area contributed by atoms with Crippen molar-refractivity contribution in [1.82, 2.24) is 14.6 Å². The Hall–Kier alpha value is -1.17. The van der Waals surface area contributed by atoms with Gasteiger partial charge in [-0.15, -0.1) is 0 Å². The minimum Gasteiger partial charge on any atom is -0.395 e. The largest absolute Gasteiger partial charge is 0.395 e. The Labute approximate surface area is 96.6 Å². The summed E-state index contributed by atoms with van der Waals surface area (Å²) in [7, 11) is 0. The van der Waals surface area contributed by atoms with E-state index >= 15 is 0 Å². The van der Waals surface area contributed by atoms with Crippen molar-refractivity contribution in [3.8, 4) is 0 Å². The van der Waals surface area contributed by atoms with Gasteiger partial charge in [-0.25, -0.2) is 9.50 Å². The average Bonchev–Trinajstić information content (AvgIpc) is 2.60. The van der Waals surface area contributed by atoms with Crippen LogP contribution in [-0.4, -0.2) is 39.5 Å². The van der Waals surface area contributed by atoms with E-state index in [0.717, 1.165) is 5.65 Å². The van der Waals surface area contributed by atoms with Gasteiger partial charge in [0, 0.05) is 6.20 Å². The second-order valence-corrected chi connectivity index (χ2v) is 4.45. The highest BCUT2D eigenvalue weighted by Crippen LogP contribution is 2.29. The van der Waals surface area contributed by atoms with Crippen LogP contribution in [-0.2, 0) is 10.2 Å². The van der Waals surface area contributed by atoms with Gasteiger partial charge in [0.05, 0.1) is 24.8 Å². The van der Waals surface area contributed by atoms with E-state index in [-0.39, 0.29) is 6.61 Å². The molecule has 0 bridgehead atoms. The van der Waals surface area contributed by atoms with E-state index in [2.05, 4.69) is 10.1 Å². The Balaban J connectivity index is 2.11. The molecule has 0 unspecified atom stereocenters. The first kappa shape index (κ1) is 10.0. The first-order chi connectivity index (χ1) is 7.73. The zero-order valence-electron chi connectivity index (χ0n) is 8.43. The molecule has 0 atom stereocenters. The number of fused-ring (bicyclic) bond motifs is 1. The molecule has 2 aromatic rings. The molecule has 0 radical (unpaired) electrons. The zero-order valence-corrected chi connectivity index (χ0v) is 9.18. The molecule has 2 aromatic heterocycles. The van der Waals surface area contributed by atoms with E-state index < -0.39 is 5.41 Å². The minimum absolute atomic E-state index is 0.00237. The Morgan fingerprint density at radius 3 is 2.94 bits per heavy atom. The first-order valence-corrected chi connectivity index (χ1v) is 5.32. The van der Waals surface area contributed by atoms with Gasteiger partial charge in [-0.1, -0.05) is 11.6 Å². The highest BCUT2D eigenvalue weighted by molar-refractivity contribution is 6.30. The van der Waals surface area contributed by atoms with Crippen LogP contribution in [0.2, 0.25) is 5.02 Å². The van der Waals surface area contributed by atoms with Crippen LogP contribution < -0.4 is 0 Å². The minimum atomic E-state index is -0.432. The predicted molar refractivity (Wildman–Crippen MR) is 57.6 cm³/mol. The summed E-state index contributed by atoms with van der Waals surface area (Å²) in [6, 6.07) is 3.56. The van der Waals surface area contributed by atoms with Crippen LogP contribution >= 0.6 is 11.6 Å². The lowest BCUT2D eigenvalue weighted by atomic mass is 9.86. The molecule has 3 heterocycles. The standard InChI is InChI=1S/C10H10ClN3O2/c11-7-1-2-8-12-9(13-14(8)3-7)10(4-15)5-16-6-10/h1-3,15H,4-6H2. The third kappa shape index (κ3) is 1.32. The van der Waals surface area contributed by atoms with Crippen LogP contribution in [0.15, 0.2) is 18.3 Å². The summed E-state index contributed by atoms with van der Waals surface area (Å²) in [5.74, 6) is 0.614. The molecule has 5 nitrogen and oxygen atoms in total. The molecular formula is C10H10ClN3O2. The topological polar surface area (TPSA) is 59.7 Å². The smallest absolute Gasteiger partial charge is 0.164 e. The molecule has 0 saturated carbocycles.